The first-order chi connectivity index (χ1) is 14.2. The number of rotatable bonds is 6. The summed E-state index contributed by atoms with van der Waals surface area (Å²) in [5, 5.41) is 9.26. The quantitative estimate of drug-likeness (QED) is 0.391. The first kappa shape index (κ1) is 19.3. The monoisotopic (exact) mass is 403 g/mol. The van der Waals surface area contributed by atoms with Crippen molar-refractivity contribution in [1.82, 2.24) is 9.88 Å². The van der Waals surface area contributed by atoms with Gasteiger partial charge in [0.25, 0.3) is 0 Å². The number of benzene rings is 2. The molecule has 148 valence electrons. The van der Waals surface area contributed by atoms with Crippen LogP contribution in [-0.2, 0) is 19.5 Å². The van der Waals surface area contributed by atoms with Gasteiger partial charge in [0.2, 0.25) is 0 Å². The van der Waals surface area contributed by atoms with E-state index in [1.165, 1.54) is 27.0 Å². The third-order valence-electron chi connectivity index (χ3n) is 5.19. The van der Waals surface area contributed by atoms with E-state index in [1.807, 2.05) is 24.3 Å². The molecule has 2 heterocycles. The number of anilines is 1. The van der Waals surface area contributed by atoms with Crippen molar-refractivity contribution < 1.29 is 4.79 Å². The highest BCUT2D eigenvalue weighted by Gasteiger charge is 2.18. The highest BCUT2D eigenvalue weighted by molar-refractivity contribution is 7.13. The van der Waals surface area contributed by atoms with Gasteiger partial charge in [-0.05, 0) is 48.6 Å². The van der Waals surface area contributed by atoms with Crippen LogP contribution in [0.1, 0.15) is 25.0 Å². The van der Waals surface area contributed by atoms with Crippen molar-refractivity contribution in [3.8, 4) is 10.6 Å². The lowest BCUT2D eigenvalue weighted by Crippen LogP contribution is -2.28. The molecule has 0 aliphatic carbocycles. The molecule has 0 bridgehead atoms. The first-order valence-corrected chi connectivity index (χ1v) is 10.9. The topological polar surface area (TPSA) is 46.1 Å². The number of hydrogen-bond acceptors (Lipinski definition) is 2. The largest absolute Gasteiger partial charge is 0.340 e. The molecule has 2 aromatic carbocycles. The van der Waals surface area contributed by atoms with Crippen molar-refractivity contribution in [1.29, 1.82) is 0 Å². The summed E-state index contributed by atoms with van der Waals surface area (Å²) >= 11 is 1.73. The van der Waals surface area contributed by atoms with Crippen LogP contribution in [0, 0.1) is 0 Å². The number of para-hydroxylation sites is 1. The number of hydrogen-bond donors (Lipinski definition) is 2. The molecule has 0 aliphatic rings. The zero-order valence-corrected chi connectivity index (χ0v) is 17.6. The molecule has 0 spiro atoms. The van der Waals surface area contributed by atoms with E-state index in [-0.39, 0.29) is 6.03 Å². The minimum absolute atomic E-state index is 0.195. The van der Waals surface area contributed by atoms with Crippen LogP contribution in [0.15, 0.2) is 66.0 Å². The summed E-state index contributed by atoms with van der Waals surface area (Å²) in [6, 6.07) is 20.4. The van der Waals surface area contributed by atoms with Crippen LogP contribution < -0.4 is 10.6 Å². The van der Waals surface area contributed by atoms with E-state index >= 15 is 0 Å². The van der Waals surface area contributed by atoms with Gasteiger partial charge in [-0.1, -0.05) is 43.3 Å². The van der Waals surface area contributed by atoms with Crippen LogP contribution in [0.25, 0.3) is 21.5 Å². The highest BCUT2D eigenvalue weighted by atomic mass is 32.1. The van der Waals surface area contributed by atoms with E-state index in [4.69, 9.17) is 0 Å². The molecule has 0 atom stereocenters. The minimum Gasteiger partial charge on any atom is -0.340 e. The third kappa shape index (κ3) is 3.91. The zero-order chi connectivity index (χ0) is 20.2. The molecule has 0 unspecified atom stereocenters. The average Bonchev–Trinajstić information content (AvgIpc) is 3.38. The van der Waals surface area contributed by atoms with Crippen LogP contribution in [0.5, 0.6) is 0 Å². The lowest BCUT2D eigenvalue weighted by molar-refractivity contribution is 0.252. The summed E-state index contributed by atoms with van der Waals surface area (Å²) in [6.07, 6.45) is 0.986. The molecule has 4 aromatic rings. The molecule has 2 aromatic heterocycles. The normalized spacial score (nSPS) is 11.0. The lowest BCUT2D eigenvalue weighted by Gasteiger charge is -2.11. The van der Waals surface area contributed by atoms with E-state index in [9.17, 15) is 4.79 Å². The molecule has 29 heavy (non-hydrogen) atoms. The molecule has 0 fully saturated rings. The Hall–Kier alpha value is -3.05. The molecular weight excluding hydrogens is 378 g/mol. The van der Waals surface area contributed by atoms with Crippen molar-refractivity contribution in [2.24, 2.45) is 0 Å². The fraction of sp³-hybridized carbons (Fsp3) is 0.208. The first-order valence-electron chi connectivity index (χ1n) is 9.99. The van der Waals surface area contributed by atoms with E-state index in [1.54, 1.807) is 11.3 Å². The van der Waals surface area contributed by atoms with Crippen molar-refractivity contribution in [3.05, 3.63) is 77.2 Å². The van der Waals surface area contributed by atoms with Gasteiger partial charge in [0.15, 0.2) is 0 Å². The second-order valence-corrected chi connectivity index (χ2v) is 7.87. The molecule has 5 heteroatoms. The number of carbonyl (C=O) groups is 1. The maximum absolute atomic E-state index is 12.5. The summed E-state index contributed by atoms with van der Waals surface area (Å²) in [7, 11) is 0. The molecule has 0 radical (unpaired) electrons. The van der Waals surface area contributed by atoms with Crippen molar-refractivity contribution in [3.63, 3.8) is 0 Å². The van der Waals surface area contributed by atoms with E-state index in [0.717, 1.165) is 24.2 Å². The Morgan fingerprint density at radius 1 is 1.00 bits per heavy atom. The molecular formula is C24H25N3OS. The van der Waals surface area contributed by atoms with Crippen molar-refractivity contribution in [2.75, 3.05) is 5.32 Å². The Kier molecular flexibility index (Phi) is 5.67. The van der Waals surface area contributed by atoms with Crippen LogP contribution >= 0.6 is 11.3 Å². The molecule has 2 N–H and O–H groups in total. The number of aryl methyl sites for hydroxylation is 2. The van der Waals surface area contributed by atoms with Crippen LogP contribution in [-0.4, -0.2) is 10.6 Å². The van der Waals surface area contributed by atoms with Crippen molar-refractivity contribution >= 4 is 34.0 Å². The summed E-state index contributed by atoms with van der Waals surface area (Å²) in [4.78, 5) is 13.7. The predicted molar refractivity (Wildman–Crippen MR) is 123 cm³/mol. The standard InChI is InChI=1S/C24H25N3OS/c1-3-17-11-13-18(14-12-17)26-24(28)25-16-20-19-8-5-6-9-21(19)27(4-2)23(20)22-10-7-15-29-22/h5-15H,3-4,16H2,1-2H3,(H2,25,26,28). The SMILES string of the molecule is CCc1ccc(NC(=O)NCc2c(-c3cccs3)n(CC)c3ccccc23)cc1. The van der Waals surface area contributed by atoms with Gasteiger partial charge in [-0.3, -0.25) is 0 Å². The second-order valence-electron chi connectivity index (χ2n) is 6.92. The molecule has 0 saturated heterocycles. The average molecular weight is 404 g/mol. The van der Waals surface area contributed by atoms with Gasteiger partial charge in [-0.25, -0.2) is 4.79 Å². The Bertz CT molecular complexity index is 1110. The summed E-state index contributed by atoms with van der Waals surface area (Å²) in [5.74, 6) is 0. The smallest absolute Gasteiger partial charge is 0.319 e. The predicted octanol–water partition coefficient (Wildman–Crippen LogP) is 6.27. The summed E-state index contributed by atoms with van der Waals surface area (Å²) in [5.41, 5.74) is 5.60. The maximum Gasteiger partial charge on any atom is 0.319 e. The number of nitrogens with one attached hydrogen (secondary N) is 2. The maximum atomic E-state index is 12.5. The van der Waals surface area contributed by atoms with Gasteiger partial charge in [0, 0.05) is 35.2 Å². The van der Waals surface area contributed by atoms with Gasteiger partial charge in [-0.2, -0.15) is 0 Å². The number of amides is 2. The van der Waals surface area contributed by atoms with Crippen LogP contribution in [0.3, 0.4) is 0 Å². The van der Waals surface area contributed by atoms with Gasteiger partial charge < -0.3 is 15.2 Å². The molecule has 2 amide bonds. The van der Waals surface area contributed by atoms with E-state index in [0.29, 0.717) is 6.54 Å². The third-order valence-corrected chi connectivity index (χ3v) is 6.07. The number of urea groups is 1. The highest BCUT2D eigenvalue weighted by Crippen LogP contribution is 2.36. The summed E-state index contributed by atoms with van der Waals surface area (Å²) in [6.45, 7) is 5.63. The Labute approximate surface area is 175 Å². The molecule has 0 saturated carbocycles. The van der Waals surface area contributed by atoms with E-state index < -0.39 is 0 Å². The van der Waals surface area contributed by atoms with Gasteiger partial charge >= 0.3 is 6.03 Å². The molecule has 4 rings (SSSR count). The van der Waals surface area contributed by atoms with E-state index in [2.05, 4.69) is 70.8 Å². The number of aromatic nitrogens is 1. The molecule has 0 aliphatic heterocycles. The Balaban J connectivity index is 1.60. The summed E-state index contributed by atoms with van der Waals surface area (Å²) < 4.78 is 2.33. The second kappa shape index (κ2) is 8.53. The number of thiophene rings is 1. The fourth-order valence-electron chi connectivity index (χ4n) is 3.75. The van der Waals surface area contributed by atoms with Gasteiger partial charge in [0.1, 0.15) is 0 Å². The number of nitrogens with zero attached hydrogens (tertiary/aromatic N) is 1. The van der Waals surface area contributed by atoms with Crippen LogP contribution in [0.4, 0.5) is 10.5 Å². The number of carbonyl (C=O) groups excluding carboxylic acids is 1. The van der Waals surface area contributed by atoms with Gasteiger partial charge in [0.05, 0.1) is 10.6 Å². The minimum atomic E-state index is -0.195. The Morgan fingerprint density at radius 3 is 2.48 bits per heavy atom. The zero-order valence-electron chi connectivity index (χ0n) is 16.7. The lowest BCUT2D eigenvalue weighted by atomic mass is 10.1. The Morgan fingerprint density at radius 2 is 1.79 bits per heavy atom. The van der Waals surface area contributed by atoms with Crippen LogP contribution in [0.2, 0.25) is 0 Å². The number of fused-ring (bicyclic) bond motifs is 1. The van der Waals surface area contributed by atoms with Crippen molar-refractivity contribution in [2.45, 2.75) is 33.4 Å². The molecule has 4 nitrogen and oxygen atoms in total. The fourth-order valence-corrected chi connectivity index (χ4v) is 4.55. The van der Waals surface area contributed by atoms with Gasteiger partial charge in [-0.15, -0.1) is 11.3 Å².